The first-order chi connectivity index (χ1) is 10.3. The van der Waals surface area contributed by atoms with Crippen LogP contribution in [0.2, 0.25) is 0 Å². The molecule has 1 N–H and O–H groups in total. The predicted molar refractivity (Wildman–Crippen MR) is 97.0 cm³/mol. The second-order valence-electron chi connectivity index (χ2n) is 5.97. The lowest BCUT2D eigenvalue weighted by molar-refractivity contribution is 0.210. The summed E-state index contributed by atoms with van der Waals surface area (Å²) in [7, 11) is 0. The number of nitrogens with zero attached hydrogens (tertiary/aromatic N) is 1. The molecular formula is C19H24BrNO. The van der Waals surface area contributed by atoms with Crippen molar-refractivity contribution in [2.45, 2.75) is 25.2 Å². The van der Waals surface area contributed by atoms with Crippen molar-refractivity contribution in [2.24, 2.45) is 0 Å². The number of halogens is 1. The molecular weight excluding hydrogens is 338 g/mol. The number of phenols is 1. The molecule has 2 nitrogen and oxygen atoms in total. The largest absolute Gasteiger partial charge is 0.508 e. The first kappa shape index (κ1) is 17.0. The normalized spacial score (nSPS) is 18.6. The standard InChI is InChI=1S/C19H23NO.BrH/c21-19-10-4-8-17(14-19)18-9-5-12-20(15-18)13-11-16-6-2-1-3-7-16;/h1-4,6-8,10,14,18,21H,5,9,11-13,15H2;1H. The number of benzene rings is 2. The molecule has 1 unspecified atom stereocenters. The van der Waals surface area contributed by atoms with Crippen LogP contribution in [0.25, 0.3) is 0 Å². The lowest BCUT2D eigenvalue weighted by Gasteiger charge is -2.33. The molecule has 1 aliphatic rings. The third kappa shape index (κ3) is 4.59. The van der Waals surface area contributed by atoms with Crippen molar-refractivity contribution in [1.29, 1.82) is 0 Å². The highest BCUT2D eigenvalue weighted by atomic mass is 79.9. The summed E-state index contributed by atoms with van der Waals surface area (Å²) < 4.78 is 0. The second kappa shape index (κ2) is 8.35. The Hall–Kier alpha value is -1.32. The fraction of sp³-hybridized carbons (Fsp3) is 0.368. The van der Waals surface area contributed by atoms with Crippen LogP contribution in [-0.2, 0) is 6.42 Å². The first-order valence-corrected chi connectivity index (χ1v) is 7.86. The van der Waals surface area contributed by atoms with Gasteiger partial charge in [0.25, 0.3) is 0 Å². The molecule has 22 heavy (non-hydrogen) atoms. The van der Waals surface area contributed by atoms with E-state index in [1.54, 1.807) is 6.07 Å². The third-order valence-corrected chi connectivity index (χ3v) is 4.41. The number of likely N-dealkylation sites (tertiary alicyclic amines) is 1. The number of hydrogen-bond donors (Lipinski definition) is 1. The Balaban J connectivity index is 0.00000176. The molecule has 0 radical (unpaired) electrons. The van der Waals surface area contributed by atoms with Crippen LogP contribution in [0.5, 0.6) is 5.75 Å². The molecule has 2 aromatic rings. The van der Waals surface area contributed by atoms with Gasteiger partial charge in [0.2, 0.25) is 0 Å². The Morgan fingerprint density at radius 2 is 1.86 bits per heavy atom. The minimum absolute atomic E-state index is 0. The highest BCUT2D eigenvalue weighted by Crippen LogP contribution is 2.28. The monoisotopic (exact) mass is 361 g/mol. The fourth-order valence-electron chi connectivity index (χ4n) is 3.24. The van der Waals surface area contributed by atoms with Crippen LogP contribution < -0.4 is 0 Å². The van der Waals surface area contributed by atoms with Gasteiger partial charge >= 0.3 is 0 Å². The number of piperidine rings is 1. The Bertz CT molecular complexity index is 573. The van der Waals surface area contributed by atoms with Gasteiger partial charge in [-0.3, -0.25) is 0 Å². The number of aromatic hydroxyl groups is 1. The van der Waals surface area contributed by atoms with Gasteiger partial charge in [-0.2, -0.15) is 0 Å². The Labute approximate surface area is 143 Å². The van der Waals surface area contributed by atoms with E-state index in [1.165, 1.54) is 30.5 Å². The van der Waals surface area contributed by atoms with Gasteiger partial charge < -0.3 is 10.0 Å². The van der Waals surface area contributed by atoms with Crippen LogP contribution in [0.1, 0.15) is 29.9 Å². The van der Waals surface area contributed by atoms with Crippen molar-refractivity contribution < 1.29 is 5.11 Å². The van der Waals surface area contributed by atoms with Crippen LogP contribution in [0, 0.1) is 0 Å². The van der Waals surface area contributed by atoms with Crippen LogP contribution in [0.15, 0.2) is 54.6 Å². The zero-order valence-electron chi connectivity index (χ0n) is 12.8. The first-order valence-electron chi connectivity index (χ1n) is 7.86. The van der Waals surface area contributed by atoms with E-state index in [9.17, 15) is 5.11 Å². The number of phenolic OH excluding ortho intramolecular Hbond substituents is 1. The van der Waals surface area contributed by atoms with E-state index < -0.39 is 0 Å². The smallest absolute Gasteiger partial charge is 0.115 e. The molecule has 1 atom stereocenters. The lowest BCUT2D eigenvalue weighted by atomic mass is 9.90. The van der Waals surface area contributed by atoms with Gasteiger partial charge in [0.15, 0.2) is 0 Å². The maximum atomic E-state index is 9.65. The minimum atomic E-state index is 0. The maximum Gasteiger partial charge on any atom is 0.115 e. The molecule has 3 rings (SSSR count). The van der Waals surface area contributed by atoms with E-state index in [2.05, 4.69) is 41.3 Å². The summed E-state index contributed by atoms with van der Waals surface area (Å²) in [5, 5.41) is 9.65. The minimum Gasteiger partial charge on any atom is -0.508 e. The quantitative estimate of drug-likeness (QED) is 0.872. The van der Waals surface area contributed by atoms with E-state index in [1.807, 2.05) is 12.1 Å². The highest BCUT2D eigenvalue weighted by Gasteiger charge is 2.21. The highest BCUT2D eigenvalue weighted by molar-refractivity contribution is 8.93. The maximum absolute atomic E-state index is 9.65. The summed E-state index contributed by atoms with van der Waals surface area (Å²) in [4.78, 5) is 2.56. The summed E-state index contributed by atoms with van der Waals surface area (Å²) >= 11 is 0. The topological polar surface area (TPSA) is 23.5 Å². The average molecular weight is 362 g/mol. The zero-order valence-corrected chi connectivity index (χ0v) is 14.5. The molecule has 0 saturated carbocycles. The Kier molecular flexibility index (Phi) is 6.47. The molecule has 1 aliphatic heterocycles. The van der Waals surface area contributed by atoms with Crippen molar-refractivity contribution in [3.05, 3.63) is 65.7 Å². The van der Waals surface area contributed by atoms with E-state index in [-0.39, 0.29) is 17.0 Å². The number of rotatable bonds is 4. The van der Waals surface area contributed by atoms with Crippen molar-refractivity contribution >= 4 is 17.0 Å². The molecule has 0 aliphatic carbocycles. The van der Waals surface area contributed by atoms with Gasteiger partial charge in [-0.15, -0.1) is 17.0 Å². The lowest BCUT2D eigenvalue weighted by Crippen LogP contribution is -2.35. The van der Waals surface area contributed by atoms with Crippen LogP contribution in [0.4, 0.5) is 0 Å². The summed E-state index contributed by atoms with van der Waals surface area (Å²) in [5.41, 5.74) is 2.69. The molecule has 1 saturated heterocycles. The van der Waals surface area contributed by atoms with Gasteiger partial charge in [-0.1, -0.05) is 42.5 Å². The summed E-state index contributed by atoms with van der Waals surface area (Å²) in [6, 6.07) is 18.5. The van der Waals surface area contributed by atoms with Crippen LogP contribution in [-0.4, -0.2) is 29.6 Å². The predicted octanol–water partition coefficient (Wildman–Crippen LogP) is 4.39. The molecule has 0 spiro atoms. The van der Waals surface area contributed by atoms with E-state index in [0.717, 1.165) is 19.5 Å². The van der Waals surface area contributed by atoms with Gasteiger partial charge in [0.1, 0.15) is 5.75 Å². The van der Waals surface area contributed by atoms with Gasteiger partial charge in [-0.05, 0) is 55.0 Å². The number of hydrogen-bond acceptors (Lipinski definition) is 2. The average Bonchev–Trinajstić information content (AvgIpc) is 2.54. The van der Waals surface area contributed by atoms with Gasteiger partial charge in [-0.25, -0.2) is 0 Å². The Morgan fingerprint density at radius 1 is 1.05 bits per heavy atom. The fourth-order valence-corrected chi connectivity index (χ4v) is 3.24. The molecule has 0 amide bonds. The molecule has 0 bridgehead atoms. The summed E-state index contributed by atoms with van der Waals surface area (Å²) in [6.45, 7) is 3.43. The van der Waals surface area contributed by atoms with Crippen LogP contribution >= 0.6 is 17.0 Å². The molecule has 3 heteroatoms. The van der Waals surface area contributed by atoms with E-state index in [0.29, 0.717) is 11.7 Å². The Morgan fingerprint density at radius 3 is 2.64 bits per heavy atom. The SMILES string of the molecule is Br.Oc1cccc(C2CCCN(CCc3ccccc3)C2)c1. The van der Waals surface area contributed by atoms with E-state index >= 15 is 0 Å². The van der Waals surface area contributed by atoms with E-state index in [4.69, 9.17) is 0 Å². The van der Waals surface area contributed by atoms with Crippen molar-refractivity contribution in [3.8, 4) is 5.75 Å². The third-order valence-electron chi connectivity index (χ3n) is 4.41. The van der Waals surface area contributed by atoms with Crippen molar-refractivity contribution in [2.75, 3.05) is 19.6 Å². The molecule has 2 aromatic carbocycles. The second-order valence-corrected chi connectivity index (χ2v) is 5.97. The van der Waals surface area contributed by atoms with Gasteiger partial charge in [0.05, 0.1) is 0 Å². The molecule has 1 heterocycles. The van der Waals surface area contributed by atoms with Crippen molar-refractivity contribution in [1.82, 2.24) is 4.90 Å². The molecule has 1 fully saturated rings. The summed E-state index contributed by atoms with van der Waals surface area (Å²) in [6.07, 6.45) is 3.59. The van der Waals surface area contributed by atoms with Crippen LogP contribution in [0.3, 0.4) is 0 Å². The molecule has 118 valence electrons. The van der Waals surface area contributed by atoms with Gasteiger partial charge in [0, 0.05) is 13.1 Å². The zero-order chi connectivity index (χ0) is 14.5. The van der Waals surface area contributed by atoms with Crippen molar-refractivity contribution in [3.63, 3.8) is 0 Å². The molecule has 0 aromatic heterocycles. The summed E-state index contributed by atoms with van der Waals surface area (Å²) in [5.74, 6) is 0.940.